The summed E-state index contributed by atoms with van der Waals surface area (Å²) in [4.78, 5) is 15.2. The van der Waals surface area contributed by atoms with E-state index in [1.165, 1.54) is 0 Å². The highest BCUT2D eigenvalue weighted by Gasteiger charge is 2.28. The summed E-state index contributed by atoms with van der Waals surface area (Å²) in [6.07, 6.45) is 3.85. The van der Waals surface area contributed by atoms with Gasteiger partial charge in [0.1, 0.15) is 0 Å². The van der Waals surface area contributed by atoms with Gasteiger partial charge in [0.25, 0.3) is 0 Å². The predicted octanol–water partition coefficient (Wildman–Crippen LogP) is 3.69. The first-order valence-electron chi connectivity index (χ1n) is 7.07. The number of benzene rings is 1. The molecule has 2 rings (SSSR count). The summed E-state index contributed by atoms with van der Waals surface area (Å²) < 4.78 is 0. The highest BCUT2D eigenvalue weighted by molar-refractivity contribution is 7.98. The number of halogens is 1. The van der Waals surface area contributed by atoms with Crippen LogP contribution in [0, 0.1) is 5.92 Å². The first-order valence-corrected chi connectivity index (χ1v) is 8.67. The predicted molar refractivity (Wildman–Crippen MR) is 88.2 cm³/mol. The standard InChI is InChI=1S/C15H21ClN2O2S/c1-10-3-4-11(9-19)8-18(10)15(20)17-12-5-6-14(21-2)13(16)7-12/h5-7,10-11,19H,3-4,8-9H2,1-2H3,(H,17,20)/t10-,11+/m0/s1. The van der Waals surface area contributed by atoms with Crippen LogP contribution in [0.4, 0.5) is 10.5 Å². The van der Waals surface area contributed by atoms with Crippen LogP contribution in [-0.4, -0.2) is 41.5 Å². The largest absolute Gasteiger partial charge is 0.396 e. The fraction of sp³-hybridized carbons (Fsp3) is 0.533. The smallest absolute Gasteiger partial charge is 0.322 e. The molecule has 0 unspecified atom stereocenters. The molecular weight excluding hydrogens is 308 g/mol. The number of piperidine rings is 1. The van der Waals surface area contributed by atoms with Crippen molar-refractivity contribution in [2.75, 3.05) is 24.7 Å². The van der Waals surface area contributed by atoms with Crippen LogP contribution in [0.15, 0.2) is 23.1 Å². The van der Waals surface area contributed by atoms with Gasteiger partial charge in [-0.05, 0) is 50.1 Å². The molecule has 2 N–H and O–H groups in total. The van der Waals surface area contributed by atoms with Gasteiger partial charge in [0.2, 0.25) is 0 Å². The number of nitrogens with zero attached hydrogens (tertiary/aromatic N) is 1. The summed E-state index contributed by atoms with van der Waals surface area (Å²) in [5, 5.41) is 12.8. The number of hydrogen-bond acceptors (Lipinski definition) is 3. The Balaban J connectivity index is 2.04. The van der Waals surface area contributed by atoms with E-state index in [2.05, 4.69) is 5.32 Å². The third-order valence-electron chi connectivity index (χ3n) is 3.90. The Kier molecular flexibility index (Phi) is 5.79. The Hall–Kier alpha value is -0.910. The van der Waals surface area contributed by atoms with Crippen LogP contribution in [-0.2, 0) is 0 Å². The molecule has 2 atom stereocenters. The average molecular weight is 329 g/mol. The van der Waals surface area contributed by atoms with Crippen molar-refractivity contribution >= 4 is 35.1 Å². The van der Waals surface area contributed by atoms with Crippen molar-refractivity contribution in [3.8, 4) is 0 Å². The summed E-state index contributed by atoms with van der Waals surface area (Å²) in [6, 6.07) is 5.58. The third kappa shape index (κ3) is 4.05. The molecule has 116 valence electrons. The molecule has 1 aromatic rings. The molecule has 1 fully saturated rings. The average Bonchev–Trinajstić information content (AvgIpc) is 2.48. The van der Waals surface area contributed by atoms with E-state index in [4.69, 9.17) is 11.6 Å². The van der Waals surface area contributed by atoms with Gasteiger partial charge < -0.3 is 15.3 Å². The molecule has 1 heterocycles. The fourth-order valence-corrected chi connectivity index (χ4v) is 3.42. The summed E-state index contributed by atoms with van der Waals surface area (Å²) >= 11 is 7.73. The minimum Gasteiger partial charge on any atom is -0.396 e. The van der Waals surface area contributed by atoms with E-state index in [-0.39, 0.29) is 24.6 Å². The Morgan fingerprint density at radius 2 is 2.29 bits per heavy atom. The summed E-state index contributed by atoms with van der Waals surface area (Å²) in [7, 11) is 0. The zero-order valence-corrected chi connectivity index (χ0v) is 13.9. The van der Waals surface area contributed by atoms with E-state index in [1.54, 1.807) is 22.7 Å². The monoisotopic (exact) mass is 328 g/mol. The Morgan fingerprint density at radius 3 is 2.90 bits per heavy atom. The number of thioether (sulfide) groups is 1. The first kappa shape index (κ1) is 16.5. The number of likely N-dealkylation sites (tertiary alicyclic amines) is 1. The quantitative estimate of drug-likeness (QED) is 0.832. The van der Waals surface area contributed by atoms with Gasteiger partial charge in [-0.2, -0.15) is 0 Å². The van der Waals surface area contributed by atoms with Crippen molar-refractivity contribution < 1.29 is 9.90 Å². The van der Waals surface area contributed by atoms with Crippen LogP contribution in [0.5, 0.6) is 0 Å². The molecule has 1 aliphatic rings. The second-order valence-electron chi connectivity index (χ2n) is 5.41. The maximum Gasteiger partial charge on any atom is 0.322 e. The lowest BCUT2D eigenvalue weighted by molar-refractivity contribution is 0.107. The molecule has 0 aromatic heterocycles. The molecule has 6 heteroatoms. The number of hydrogen-bond donors (Lipinski definition) is 2. The Labute approximate surface area is 134 Å². The number of amides is 2. The van der Waals surface area contributed by atoms with Gasteiger partial charge in [0, 0.05) is 29.8 Å². The topological polar surface area (TPSA) is 52.6 Å². The van der Waals surface area contributed by atoms with Gasteiger partial charge in [-0.15, -0.1) is 11.8 Å². The van der Waals surface area contributed by atoms with E-state index in [1.807, 2.05) is 25.3 Å². The zero-order valence-electron chi connectivity index (χ0n) is 12.3. The number of carbonyl (C=O) groups is 1. The molecule has 1 saturated heterocycles. The second kappa shape index (κ2) is 7.38. The summed E-state index contributed by atoms with van der Waals surface area (Å²) in [5.41, 5.74) is 0.695. The van der Waals surface area contributed by atoms with E-state index in [0.29, 0.717) is 17.3 Å². The number of aliphatic hydroxyl groups excluding tert-OH is 1. The van der Waals surface area contributed by atoms with Gasteiger partial charge >= 0.3 is 6.03 Å². The molecule has 21 heavy (non-hydrogen) atoms. The Bertz CT molecular complexity index is 512. The van der Waals surface area contributed by atoms with Crippen molar-refractivity contribution in [2.24, 2.45) is 5.92 Å². The van der Waals surface area contributed by atoms with Crippen molar-refractivity contribution in [2.45, 2.75) is 30.7 Å². The number of urea groups is 1. The van der Waals surface area contributed by atoms with Crippen molar-refractivity contribution in [1.29, 1.82) is 0 Å². The minimum absolute atomic E-state index is 0.130. The van der Waals surface area contributed by atoms with Crippen LogP contribution in [0.1, 0.15) is 19.8 Å². The van der Waals surface area contributed by atoms with Gasteiger partial charge in [-0.25, -0.2) is 4.79 Å². The van der Waals surface area contributed by atoms with E-state index < -0.39 is 0 Å². The van der Waals surface area contributed by atoms with Crippen molar-refractivity contribution in [1.82, 2.24) is 4.90 Å². The molecule has 0 aliphatic carbocycles. The van der Waals surface area contributed by atoms with E-state index in [9.17, 15) is 9.90 Å². The first-order chi connectivity index (χ1) is 10.0. The van der Waals surface area contributed by atoms with Crippen molar-refractivity contribution in [3.05, 3.63) is 23.2 Å². The third-order valence-corrected chi connectivity index (χ3v) is 5.12. The van der Waals surface area contributed by atoms with Crippen LogP contribution in [0.3, 0.4) is 0 Å². The lowest BCUT2D eigenvalue weighted by Crippen LogP contribution is -2.48. The molecule has 1 aromatic carbocycles. The van der Waals surface area contributed by atoms with Crippen LogP contribution in [0.25, 0.3) is 0 Å². The maximum absolute atomic E-state index is 12.4. The number of anilines is 1. The minimum atomic E-state index is -0.131. The molecule has 0 radical (unpaired) electrons. The maximum atomic E-state index is 12.4. The Morgan fingerprint density at radius 1 is 1.52 bits per heavy atom. The highest BCUT2D eigenvalue weighted by Crippen LogP contribution is 2.28. The van der Waals surface area contributed by atoms with E-state index >= 15 is 0 Å². The number of rotatable bonds is 3. The SMILES string of the molecule is CSc1ccc(NC(=O)N2C[C@H](CO)CC[C@@H]2C)cc1Cl. The number of aliphatic hydroxyl groups is 1. The zero-order chi connectivity index (χ0) is 15.4. The van der Waals surface area contributed by atoms with Crippen LogP contribution in [0.2, 0.25) is 5.02 Å². The number of carbonyl (C=O) groups excluding carboxylic acids is 1. The fourth-order valence-electron chi connectivity index (χ4n) is 2.55. The lowest BCUT2D eigenvalue weighted by Gasteiger charge is -2.37. The van der Waals surface area contributed by atoms with Gasteiger partial charge in [-0.3, -0.25) is 0 Å². The molecule has 2 amide bonds. The second-order valence-corrected chi connectivity index (χ2v) is 6.66. The molecule has 1 aliphatic heterocycles. The van der Waals surface area contributed by atoms with E-state index in [0.717, 1.165) is 17.7 Å². The lowest BCUT2D eigenvalue weighted by atomic mass is 9.94. The molecule has 4 nitrogen and oxygen atoms in total. The van der Waals surface area contributed by atoms with Gasteiger partial charge in [0.15, 0.2) is 0 Å². The molecule has 0 saturated carbocycles. The highest BCUT2D eigenvalue weighted by atomic mass is 35.5. The number of nitrogens with one attached hydrogen (secondary N) is 1. The van der Waals surface area contributed by atoms with Gasteiger partial charge in [0.05, 0.1) is 5.02 Å². The van der Waals surface area contributed by atoms with Crippen LogP contribution < -0.4 is 5.32 Å². The summed E-state index contributed by atoms with van der Waals surface area (Å²) in [6.45, 7) is 2.77. The van der Waals surface area contributed by atoms with Crippen molar-refractivity contribution in [3.63, 3.8) is 0 Å². The summed E-state index contributed by atoms with van der Waals surface area (Å²) in [5.74, 6) is 0.175. The molecule has 0 spiro atoms. The molecule has 0 bridgehead atoms. The van der Waals surface area contributed by atoms with Crippen LogP contribution >= 0.6 is 23.4 Å². The van der Waals surface area contributed by atoms with Gasteiger partial charge in [-0.1, -0.05) is 11.6 Å². The molecular formula is C15H21ClN2O2S. The normalized spacial score (nSPS) is 22.2.